The van der Waals surface area contributed by atoms with E-state index < -0.39 is 0 Å². The number of hydrogen-bond acceptors (Lipinski definition) is 3. The van der Waals surface area contributed by atoms with Crippen LogP contribution in [0, 0.1) is 0 Å². The first-order valence-corrected chi connectivity index (χ1v) is 7.88. The molecule has 0 bridgehead atoms. The van der Waals surface area contributed by atoms with Gasteiger partial charge < -0.3 is 9.30 Å². The number of methoxy groups -OCH3 is 1. The average Bonchev–Trinajstić information content (AvgIpc) is 2.97. The van der Waals surface area contributed by atoms with Crippen molar-refractivity contribution in [2.45, 2.75) is 26.3 Å². The summed E-state index contributed by atoms with van der Waals surface area (Å²) in [5, 5.41) is 0. The summed E-state index contributed by atoms with van der Waals surface area (Å²) in [5.74, 6) is 0.618. The maximum Gasteiger partial charge on any atom is 0.337 e. The number of aryl methyl sites for hydroxylation is 1. The number of carbonyl (C=O) groups is 1. The Bertz CT molecular complexity index is 822. The second-order valence-electron chi connectivity index (χ2n) is 5.50. The second kappa shape index (κ2) is 6.65. The molecule has 0 aliphatic rings. The van der Waals surface area contributed by atoms with Gasteiger partial charge in [0.1, 0.15) is 5.82 Å². The van der Waals surface area contributed by atoms with Gasteiger partial charge in [-0.1, -0.05) is 43.7 Å². The lowest BCUT2D eigenvalue weighted by Gasteiger charge is -2.09. The number of aromatic nitrogens is 2. The molecule has 1 heterocycles. The van der Waals surface area contributed by atoms with E-state index in [0.29, 0.717) is 5.56 Å². The first kappa shape index (κ1) is 15.3. The molecule has 0 radical (unpaired) electrons. The minimum Gasteiger partial charge on any atom is -0.465 e. The number of benzene rings is 2. The molecule has 0 unspecified atom stereocenters. The summed E-state index contributed by atoms with van der Waals surface area (Å²) >= 11 is 0. The molecule has 4 nitrogen and oxygen atoms in total. The number of carbonyl (C=O) groups excluding carboxylic acids is 1. The van der Waals surface area contributed by atoms with E-state index in [1.54, 1.807) is 6.07 Å². The van der Waals surface area contributed by atoms with Crippen LogP contribution in [0.4, 0.5) is 0 Å². The quantitative estimate of drug-likeness (QED) is 0.660. The van der Waals surface area contributed by atoms with Crippen molar-refractivity contribution in [3.8, 4) is 11.4 Å². The maximum absolute atomic E-state index is 11.8. The van der Waals surface area contributed by atoms with Gasteiger partial charge in [-0.3, -0.25) is 0 Å². The molecule has 0 aliphatic carbocycles. The largest absolute Gasteiger partial charge is 0.465 e. The predicted octanol–water partition coefficient (Wildman–Crippen LogP) is 4.29. The lowest BCUT2D eigenvalue weighted by Crippen LogP contribution is -2.03. The van der Waals surface area contributed by atoms with Crippen molar-refractivity contribution < 1.29 is 9.53 Å². The Morgan fingerprint density at radius 2 is 1.96 bits per heavy atom. The summed E-state index contributed by atoms with van der Waals surface area (Å²) in [4.78, 5) is 16.6. The van der Waals surface area contributed by atoms with Crippen molar-refractivity contribution in [2.24, 2.45) is 0 Å². The Morgan fingerprint density at radius 1 is 1.17 bits per heavy atom. The third kappa shape index (κ3) is 2.97. The van der Waals surface area contributed by atoms with E-state index in [-0.39, 0.29) is 5.97 Å². The normalized spacial score (nSPS) is 10.9. The van der Waals surface area contributed by atoms with Gasteiger partial charge in [-0.05, 0) is 24.6 Å². The molecular weight excluding hydrogens is 288 g/mol. The van der Waals surface area contributed by atoms with Crippen LogP contribution in [0.15, 0.2) is 48.5 Å². The standard InChI is InChI=1S/C19H20N2O2/c1-3-4-12-21-17-13-15(19(22)23-2)10-11-16(17)20-18(21)14-8-6-5-7-9-14/h5-11,13H,3-4,12H2,1-2H3. The summed E-state index contributed by atoms with van der Waals surface area (Å²) in [6, 6.07) is 15.7. The fraction of sp³-hybridized carbons (Fsp3) is 0.263. The number of rotatable bonds is 5. The van der Waals surface area contributed by atoms with Crippen molar-refractivity contribution >= 4 is 17.0 Å². The predicted molar refractivity (Wildman–Crippen MR) is 91.4 cm³/mol. The third-order valence-electron chi connectivity index (χ3n) is 3.94. The van der Waals surface area contributed by atoms with Crippen LogP contribution in [-0.4, -0.2) is 22.6 Å². The van der Waals surface area contributed by atoms with E-state index in [9.17, 15) is 4.79 Å². The van der Waals surface area contributed by atoms with Crippen LogP contribution < -0.4 is 0 Å². The number of nitrogens with zero attached hydrogens (tertiary/aromatic N) is 2. The maximum atomic E-state index is 11.8. The van der Waals surface area contributed by atoms with E-state index in [0.717, 1.165) is 41.8 Å². The fourth-order valence-corrected chi connectivity index (χ4v) is 2.72. The highest BCUT2D eigenvalue weighted by atomic mass is 16.5. The van der Waals surface area contributed by atoms with E-state index in [4.69, 9.17) is 9.72 Å². The SMILES string of the molecule is CCCCn1c(-c2ccccc2)nc2ccc(C(=O)OC)cc21. The van der Waals surface area contributed by atoms with Gasteiger partial charge in [-0.2, -0.15) is 0 Å². The molecule has 3 aromatic rings. The molecule has 0 aliphatic heterocycles. The van der Waals surface area contributed by atoms with Crippen molar-refractivity contribution in [2.75, 3.05) is 7.11 Å². The van der Waals surface area contributed by atoms with Crippen molar-refractivity contribution in [3.63, 3.8) is 0 Å². The number of hydrogen-bond donors (Lipinski definition) is 0. The smallest absolute Gasteiger partial charge is 0.337 e. The molecular formula is C19H20N2O2. The molecule has 0 saturated heterocycles. The number of imidazole rings is 1. The van der Waals surface area contributed by atoms with Gasteiger partial charge in [0.2, 0.25) is 0 Å². The molecule has 2 aromatic carbocycles. The van der Waals surface area contributed by atoms with Crippen LogP contribution in [-0.2, 0) is 11.3 Å². The minimum atomic E-state index is -0.323. The van der Waals surface area contributed by atoms with Crippen LogP contribution >= 0.6 is 0 Å². The van der Waals surface area contributed by atoms with E-state index >= 15 is 0 Å². The lowest BCUT2D eigenvalue weighted by atomic mass is 10.2. The topological polar surface area (TPSA) is 44.1 Å². The van der Waals surface area contributed by atoms with Crippen LogP contribution in [0.5, 0.6) is 0 Å². The molecule has 118 valence electrons. The highest BCUT2D eigenvalue weighted by Gasteiger charge is 2.14. The summed E-state index contributed by atoms with van der Waals surface area (Å²) in [6.07, 6.45) is 2.17. The van der Waals surface area contributed by atoms with Gasteiger partial charge in [0.15, 0.2) is 0 Å². The van der Waals surface area contributed by atoms with Gasteiger partial charge in [0.25, 0.3) is 0 Å². The van der Waals surface area contributed by atoms with Gasteiger partial charge in [0, 0.05) is 12.1 Å². The van der Waals surface area contributed by atoms with Crippen molar-refractivity contribution in [3.05, 3.63) is 54.1 Å². The summed E-state index contributed by atoms with van der Waals surface area (Å²) in [7, 11) is 1.40. The lowest BCUT2D eigenvalue weighted by molar-refractivity contribution is 0.0601. The number of fused-ring (bicyclic) bond motifs is 1. The van der Waals surface area contributed by atoms with E-state index in [1.807, 2.05) is 30.3 Å². The number of esters is 1. The zero-order valence-corrected chi connectivity index (χ0v) is 13.5. The Balaban J connectivity index is 2.17. The van der Waals surface area contributed by atoms with E-state index in [1.165, 1.54) is 7.11 Å². The zero-order valence-electron chi connectivity index (χ0n) is 13.5. The van der Waals surface area contributed by atoms with Crippen LogP contribution in [0.3, 0.4) is 0 Å². The Labute approximate surface area is 135 Å². The van der Waals surface area contributed by atoms with Crippen molar-refractivity contribution in [1.82, 2.24) is 9.55 Å². The number of ether oxygens (including phenoxy) is 1. The molecule has 1 aromatic heterocycles. The first-order chi connectivity index (χ1) is 11.2. The summed E-state index contributed by atoms with van der Waals surface area (Å²) in [6.45, 7) is 3.04. The Morgan fingerprint density at radius 3 is 2.65 bits per heavy atom. The fourth-order valence-electron chi connectivity index (χ4n) is 2.72. The Hall–Kier alpha value is -2.62. The highest BCUT2D eigenvalue weighted by Crippen LogP contribution is 2.26. The zero-order chi connectivity index (χ0) is 16.2. The van der Waals surface area contributed by atoms with Crippen LogP contribution in [0.1, 0.15) is 30.1 Å². The Kier molecular flexibility index (Phi) is 4.42. The van der Waals surface area contributed by atoms with Gasteiger partial charge in [-0.15, -0.1) is 0 Å². The molecule has 3 rings (SSSR count). The van der Waals surface area contributed by atoms with Gasteiger partial charge >= 0.3 is 5.97 Å². The van der Waals surface area contributed by atoms with Crippen LogP contribution in [0.2, 0.25) is 0 Å². The molecule has 23 heavy (non-hydrogen) atoms. The minimum absolute atomic E-state index is 0.323. The van der Waals surface area contributed by atoms with E-state index in [2.05, 4.69) is 23.6 Å². The average molecular weight is 308 g/mol. The highest BCUT2D eigenvalue weighted by molar-refractivity contribution is 5.94. The van der Waals surface area contributed by atoms with Crippen molar-refractivity contribution in [1.29, 1.82) is 0 Å². The van der Waals surface area contributed by atoms with Gasteiger partial charge in [-0.25, -0.2) is 9.78 Å². The second-order valence-corrected chi connectivity index (χ2v) is 5.50. The molecule has 0 amide bonds. The summed E-state index contributed by atoms with van der Waals surface area (Å²) in [5.41, 5.74) is 3.50. The van der Waals surface area contributed by atoms with Gasteiger partial charge in [0.05, 0.1) is 23.7 Å². The molecule has 0 saturated carbocycles. The first-order valence-electron chi connectivity index (χ1n) is 7.88. The summed E-state index contributed by atoms with van der Waals surface area (Å²) < 4.78 is 7.02. The monoisotopic (exact) mass is 308 g/mol. The third-order valence-corrected chi connectivity index (χ3v) is 3.94. The molecule has 4 heteroatoms. The molecule has 0 spiro atoms. The number of unbranched alkanes of at least 4 members (excludes halogenated alkanes) is 1. The molecule has 0 N–H and O–H groups in total. The van der Waals surface area contributed by atoms with Crippen LogP contribution in [0.25, 0.3) is 22.4 Å². The molecule has 0 atom stereocenters. The molecule has 0 fully saturated rings.